The summed E-state index contributed by atoms with van der Waals surface area (Å²) in [5.41, 5.74) is 3.39. The van der Waals surface area contributed by atoms with Gasteiger partial charge >= 0.3 is 0 Å². The number of aromatic nitrogens is 1. The fourth-order valence-electron chi connectivity index (χ4n) is 1.58. The van der Waals surface area contributed by atoms with Crippen molar-refractivity contribution in [1.82, 2.24) is 4.98 Å². The quantitative estimate of drug-likeness (QED) is 0.692. The number of amides is 1. The number of primary amides is 1. The van der Waals surface area contributed by atoms with Crippen molar-refractivity contribution in [2.45, 2.75) is 26.4 Å². The minimum atomic E-state index is -1.36. The lowest BCUT2D eigenvalue weighted by molar-refractivity contribution is 0.0996. The number of thiazole rings is 1. The lowest BCUT2D eigenvalue weighted by Gasteiger charge is -2.17. The van der Waals surface area contributed by atoms with Gasteiger partial charge in [-0.2, -0.15) is 0 Å². The summed E-state index contributed by atoms with van der Waals surface area (Å²) in [4.78, 5) is 15.2. The first-order valence-corrected chi connectivity index (χ1v) is 7.45. The molecule has 0 aliphatic rings. The van der Waals surface area contributed by atoms with E-state index in [-0.39, 0.29) is 16.3 Å². The summed E-state index contributed by atoms with van der Waals surface area (Å²) in [6.07, 6.45) is 0.933. The predicted molar refractivity (Wildman–Crippen MR) is 88.5 cm³/mol. The minimum Gasteiger partial charge on any atom is -0.386 e. The molecule has 1 amide bonds. The molecule has 0 saturated heterocycles. The number of aliphatic hydroxyl groups is 1. The van der Waals surface area contributed by atoms with Crippen molar-refractivity contribution in [1.29, 1.82) is 0 Å². The summed E-state index contributed by atoms with van der Waals surface area (Å²) >= 11 is 0.893. The standard InChI is InChI=1S/C15H19F2N3O2S/c1-7(15(3,4)22)6-9(17)10(8(2)16)13-20-11(12(18)21)14(19-5)23-13/h6,19,22H,1H2,2-5H3,(H2,18,21)/b9-6+,10-8-. The second-order valence-electron chi connectivity index (χ2n) is 5.30. The molecule has 8 heteroatoms. The highest BCUT2D eigenvalue weighted by atomic mass is 32.1. The molecule has 126 valence electrons. The number of allylic oxidation sites excluding steroid dienone is 3. The fraction of sp³-hybridized carbons (Fsp3) is 0.333. The molecule has 0 unspecified atom stereocenters. The van der Waals surface area contributed by atoms with Gasteiger partial charge in [0.2, 0.25) is 0 Å². The van der Waals surface area contributed by atoms with Crippen LogP contribution in [0.2, 0.25) is 0 Å². The van der Waals surface area contributed by atoms with E-state index in [0.717, 1.165) is 24.3 Å². The number of nitrogens with zero attached hydrogens (tertiary/aromatic N) is 1. The number of nitrogens with two attached hydrogens (primary N) is 1. The highest BCUT2D eigenvalue weighted by Gasteiger charge is 2.23. The molecule has 5 nitrogen and oxygen atoms in total. The molecule has 1 aromatic rings. The van der Waals surface area contributed by atoms with E-state index in [4.69, 9.17) is 5.73 Å². The van der Waals surface area contributed by atoms with Crippen LogP contribution in [0.25, 0.3) is 5.57 Å². The number of carbonyl (C=O) groups is 1. The Morgan fingerprint density at radius 2 is 2.04 bits per heavy atom. The van der Waals surface area contributed by atoms with E-state index in [2.05, 4.69) is 16.9 Å². The van der Waals surface area contributed by atoms with Crippen molar-refractivity contribution in [3.05, 3.63) is 40.6 Å². The van der Waals surface area contributed by atoms with Gasteiger partial charge in [0.1, 0.15) is 21.7 Å². The largest absolute Gasteiger partial charge is 0.386 e. The van der Waals surface area contributed by atoms with Crippen LogP contribution in [0.4, 0.5) is 13.8 Å². The molecule has 0 atom stereocenters. The van der Waals surface area contributed by atoms with Gasteiger partial charge in [0.05, 0.1) is 11.2 Å². The maximum atomic E-state index is 14.5. The highest BCUT2D eigenvalue weighted by Crippen LogP contribution is 2.36. The number of rotatable bonds is 6. The van der Waals surface area contributed by atoms with Gasteiger partial charge in [0, 0.05) is 7.05 Å². The summed E-state index contributed by atoms with van der Waals surface area (Å²) in [6.45, 7) is 7.48. The predicted octanol–water partition coefficient (Wildman–Crippen LogP) is 3.16. The number of nitrogens with one attached hydrogen (secondary N) is 1. The SMILES string of the molecule is C=C(/C=C(F)\C(=C(/C)F)c1nc(C(N)=O)c(NC)s1)C(C)(C)O. The van der Waals surface area contributed by atoms with Crippen LogP contribution >= 0.6 is 11.3 Å². The van der Waals surface area contributed by atoms with Gasteiger partial charge in [0.15, 0.2) is 5.69 Å². The lowest BCUT2D eigenvalue weighted by Crippen LogP contribution is -2.20. The monoisotopic (exact) mass is 343 g/mol. The molecule has 0 radical (unpaired) electrons. The average molecular weight is 343 g/mol. The Morgan fingerprint density at radius 1 is 1.48 bits per heavy atom. The molecule has 1 rings (SSSR count). The van der Waals surface area contributed by atoms with Gasteiger partial charge in [-0.15, -0.1) is 0 Å². The van der Waals surface area contributed by atoms with Crippen molar-refractivity contribution in [2.75, 3.05) is 12.4 Å². The normalized spacial score (nSPS) is 13.6. The Labute approximate surface area is 137 Å². The zero-order valence-corrected chi connectivity index (χ0v) is 14.1. The number of hydrogen-bond acceptors (Lipinski definition) is 5. The van der Waals surface area contributed by atoms with Crippen LogP contribution in [0.15, 0.2) is 29.9 Å². The highest BCUT2D eigenvalue weighted by molar-refractivity contribution is 7.17. The maximum Gasteiger partial charge on any atom is 0.270 e. The van der Waals surface area contributed by atoms with Crippen molar-refractivity contribution in [2.24, 2.45) is 5.73 Å². The van der Waals surface area contributed by atoms with Crippen molar-refractivity contribution >= 4 is 27.8 Å². The zero-order valence-electron chi connectivity index (χ0n) is 13.3. The molecule has 0 spiro atoms. The molecule has 1 heterocycles. The van der Waals surface area contributed by atoms with Gasteiger partial charge in [0.25, 0.3) is 5.91 Å². The molecule has 0 saturated carbocycles. The number of halogens is 2. The Hall–Kier alpha value is -2.06. The summed E-state index contributed by atoms with van der Waals surface area (Å²) in [5.74, 6) is -2.59. The molecule has 0 aliphatic carbocycles. The Bertz CT molecular complexity index is 696. The summed E-state index contributed by atoms with van der Waals surface area (Å²) in [5, 5.41) is 12.8. The van der Waals surface area contributed by atoms with Gasteiger partial charge in [-0.3, -0.25) is 4.79 Å². The van der Waals surface area contributed by atoms with E-state index < -0.39 is 28.7 Å². The summed E-state index contributed by atoms with van der Waals surface area (Å²) in [6, 6.07) is 0. The fourth-order valence-corrected chi connectivity index (χ4v) is 2.59. The van der Waals surface area contributed by atoms with Crippen molar-refractivity contribution in [3.63, 3.8) is 0 Å². The van der Waals surface area contributed by atoms with E-state index in [1.807, 2.05) is 0 Å². The van der Waals surface area contributed by atoms with Crippen molar-refractivity contribution in [3.8, 4) is 0 Å². The van der Waals surface area contributed by atoms with Crippen LogP contribution < -0.4 is 11.1 Å². The first-order valence-electron chi connectivity index (χ1n) is 6.63. The van der Waals surface area contributed by atoms with Crippen LogP contribution in [-0.2, 0) is 0 Å². The first kappa shape index (κ1) is 19.0. The number of anilines is 1. The first-order chi connectivity index (χ1) is 10.5. The van der Waals surface area contributed by atoms with Gasteiger partial charge < -0.3 is 16.2 Å². The summed E-state index contributed by atoms with van der Waals surface area (Å²) < 4.78 is 28.3. The third kappa shape index (κ3) is 4.46. The van der Waals surface area contributed by atoms with Gasteiger partial charge in [-0.05, 0) is 32.4 Å². The molecule has 0 aliphatic heterocycles. The molecule has 4 N–H and O–H groups in total. The van der Waals surface area contributed by atoms with E-state index >= 15 is 0 Å². The maximum absolute atomic E-state index is 14.5. The Morgan fingerprint density at radius 3 is 2.39 bits per heavy atom. The molecular formula is C15H19F2N3O2S. The minimum absolute atomic E-state index is 0.0413. The zero-order chi connectivity index (χ0) is 17.9. The van der Waals surface area contributed by atoms with Crippen molar-refractivity contribution < 1.29 is 18.7 Å². The number of carbonyl (C=O) groups excluding carboxylic acids is 1. The van der Waals surface area contributed by atoms with Crippen LogP contribution in [0.1, 0.15) is 36.3 Å². The third-order valence-electron chi connectivity index (χ3n) is 2.97. The topological polar surface area (TPSA) is 88.2 Å². The van der Waals surface area contributed by atoms with Crippen LogP contribution in [0, 0.1) is 0 Å². The number of hydrogen-bond donors (Lipinski definition) is 3. The molecule has 0 bridgehead atoms. The molecular weight excluding hydrogens is 324 g/mol. The summed E-state index contributed by atoms with van der Waals surface area (Å²) in [7, 11) is 1.54. The van der Waals surface area contributed by atoms with E-state index in [0.29, 0.717) is 5.00 Å². The van der Waals surface area contributed by atoms with Gasteiger partial charge in [-0.1, -0.05) is 17.9 Å². The molecule has 1 aromatic heterocycles. The van der Waals surface area contributed by atoms with E-state index in [9.17, 15) is 18.7 Å². The lowest BCUT2D eigenvalue weighted by atomic mass is 9.98. The third-order valence-corrected chi connectivity index (χ3v) is 4.06. The molecule has 0 fully saturated rings. The van der Waals surface area contributed by atoms with Gasteiger partial charge in [-0.25, -0.2) is 13.8 Å². The molecule has 23 heavy (non-hydrogen) atoms. The van der Waals surface area contributed by atoms with E-state index in [1.54, 1.807) is 0 Å². The second-order valence-corrected chi connectivity index (χ2v) is 6.30. The Kier molecular flexibility index (Phi) is 5.79. The van der Waals surface area contributed by atoms with E-state index in [1.165, 1.54) is 20.9 Å². The average Bonchev–Trinajstić information content (AvgIpc) is 2.81. The second kappa shape index (κ2) is 7.01. The smallest absolute Gasteiger partial charge is 0.270 e. The molecule has 0 aromatic carbocycles. The van der Waals surface area contributed by atoms with Crippen LogP contribution in [0.3, 0.4) is 0 Å². The van der Waals surface area contributed by atoms with Crippen LogP contribution in [0.5, 0.6) is 0 Å². The van der Waals surface area contributed by atoms with Crippen LogP contribution in [-0.4, -0.2) is 28.6 Å². The Balaban J connectivity index is 3.41.